The molecule has 1 aromatic carbocycles. The highest BCUT2D eigenvalue weighted by Gasteiger charge is 2.45. The molecule has 1 aromatic heterocycles. The van der Waals surface area contributed by atoms with Gasteiger partial charge in [-0.25, -0.2) is 13.4 Å². The number of Topliss-reactive ketones (excluding diaryl/α,β-unsaturated/α-hetero) is 1. The second-order valence-corrected chi connectivity index (χ2v) is 8.60. The molecule has 7 heteroatoms. The Kier molecular flexibility index (Phi) is 4.82. The average molecular weight is 387 g/mol. The molecule has 0 radical (unpaired) electrons. The van der Waals surface area contributed by atoms with Crippen LogP contribution >= 0.6 is 0 Å². The fraction of sp³-hybridized carbons (Fsp3) is 0.300. The van der Waals surface area contributed by atoms with E-state index in [4.69, 9.17) is 9.47 Å². The summed E-state index contributed by atoms with van der Waals surface area (Å²) >= 11 is 0. The quantitative estimate of drug-likeness (QED) is 0.784. The topological polar surface area (TPSA) is 82.6 Å². The van der Waals surface area contributed by atoms with Gasteiger partial charge in [0.1, 0.15) is 5.76 Å². The van der Waals surface area contributed by atoms with E-state index in [9.17, 15) is 13.2 Å². The summed E-state index contributed by atoms with van der Waals surface area (Å²) in [6.45, 7) is 3.62. The van der Waals surface area contributed by atoms with Crippen molar-refractivity contribution in [1.82, 2.24) is 4.98 Å². The van der Waals surface area contributed by atoms with Gasteiger partial charge in [-0.1, -0.05) is 13.0 Å². The number of hydrogen-bond acceptors (Lipinski definition) is 6. The largest absolute Gasteiger partial charge is 0.481 e. The maximum atomic E-state index is 13.1. The van der Waals surface area contributed by atoms with Crippen LogP contribution in [-0.2, 0) is 19.4 Å². The predicted octanol–water partition coefficient (Wildman–Crippen LogP) is 3.13. The van der Waals surface area contributed by atoms with Crippen LogP contribution in [-0.4, -0.2) is 38.2 Å². The molecule has 0 aliphatic carbocycles. The van der Waals surface area contributed by atoms with Gasteiger partial charge in [0.15, 0.2) is 15.4 Å². The molecule has 6 nitrogen and oxygen atoms in total. The van der Waals surface area contributed by atoms with Crippen LogP contribution in [0.3, 0.4) is 0 Å². The highest BCUT2D eigenvalue weighted by atomic mass is 32.2. The number of carbonyl (C=O) groups excluding carboxylic acids is 1. The molecule has 0 N–H and O–H groups in total. The summed E-state index contributed by atoms with van der Waals surface area (Å²) in [7, 11) is -1.80. The Morgan fingerprint density at radius 2 is 1.81 bits per heavy atom. The number of ether oxygens (including phenoxy) is 2. The third-order valence-corrected chi connectivity index (χ3v) is 5.80. The Bertz CT molecular complexity index is 1020. The van der Waals surface area contributed by atoms with Crippen molar-refractivity contribution >= 4 is 27.0 Å². The lowest BCUT2D eigenvalue weighted by Gasteiger charge is -2.21. The standard InChI is InChI=1S/C20H21NO5S/c1-5-20(2)19(22)17(15-7-6-8-16(21-15)25-3)18(26-20)13-9-11-14(12-10-13)27(4,23)24/h6-12H,5H2,1-4H3. The van der Waals surface area contributed by atoms with Gasteiger partial charge in [-0.2, -0.15) is 0 Å². The highest BCUT2D eigenvalue weighted by molar-refractivity contribution is 7.90. The number of ketones is 1. The Balaban J connectivity index is 2.17. The molecule has 1 atom stereocenters. The molecule has 1 aliphatic rings. The minimum Gasteiger partial charge on any atom is -0.481 e. The summed E-state index contributed by atoms with van der Waals surface area (Å²) < 4.78 is 34.6. The molecule has 27 heavy (non-hydrogen) atoms. The Morgan fingerprint density at radius 3 is 2.37 bits per heavy atom. The van der Waals surface area contributed by atoms with Gasteiger partial charge < -0.3 is 9.47 Å². The van der Waals surface area contributed by atoms with Crippen LogP contribution in [0.4, 0.5) is 0 Å². The van der Waals surface area contributed by atoms with Gasteiger partial charge in [0, 0.05) is 17.9 Å². The number of methoxy groups -OCH3 is 1. The zero-order valence-corrected chi connectivity index (χ0v) is 16.5. The first-order valence-electron chi connectivity index (χ1n) is 8.49. The zero-order chi connectivity index (χ0) is 19.8. The molecule has 3 rings (SSSR count). The van der Waals surface area contributed by atoms with E-state index in [2.05, 4.69) is 4.98 Å². The van der Waals surface area contributed by atoms with E-state index in [-0.39, 0.29) is 10.7 Å². The summed E-state index contributed by atoms with van der Waals surface area (Å²) in [6, 6.07) is 11.5. The predicted molar refractivity (Wildman–Crippen MR) is 102 cm³/mol. The number of rotatable bonds is 5. The van der Waals surface area contributed by atoms with Crippen molar-refractivity contribution in [3.63, 3.8) is 0 Å². The van der Waals surface area contributed by atoms with Crippen molar-refractivity contribution in [2.24, 2.45) is 0 Å². The maximum absolute atomic E-state index is 13.1. The molecule has 2 heterocycles. The van der Waals surface area contributed by atoms with Crippen LogP contribution in [0.5, 0.6) is 5.88 Å². The number of hydrogen-bond donors (Lipinski definition) is 0. The van der Waals surface area contributed by atoms with E-state index in [1.165, 1.54) is 19.2 Å². The molecule has 0 saturated carbocycles. The van der Waals surface area contributed by atoms with E-state index in [1.54, 1.807) is 37.3 Å². The first-order chi connectivity index (χ1) is 12.7. The monoisotopic (exact) mass is 387 g/mol. The second kappa shape index (κ2) is 6.81. The van der Waals surface area contributed by atoms with Crippen LogP contribution in [0.1, 0.15) is 31.5 Å². The van der Waals surface area contributed by atoms with Gasteiger partial charge in [-0.15, -0.1) is 0 Å². The van der Waals surface area contributed by atoms with Crippen molar-refractivity contribution in [1.29, 1.82) is 0 Å². The summed E-state index contributed by atoms with van der Waals surface area (Å²) in [5.74, 6) is 0.628. The van der Waals surface area contributed by atoms with Crippen molar-refractivity contribution in [3.05, 3.63) is 53.7 Å². The van der Waals surface area contributed by atoms with E-state index >= 15 is 0 Å². The average Bonchev–Trinajstić information content (AvgIpc) is 2.93. The fourth-order valence-electron chi connectivity index (χ4n) is 2.88. The summed E-state index contributed by atoms with van der Waals surface area (Å²) in [6.07, 6.45) is 1.64. The summed E-state index contributed by atoms with van der Waals surface area (Å²) in [5, 5.41) is 0. The third kappa shape index (κ3) is 3.47. The minimum atomic E-state index is -3.31. The van der Waals surface area contributed by atoms with Crippen LogP contribution in [0.25, 0.3) is 11.3 Å². The van der Waals surface area contributed by atoms with E-state index in [0.717, 1.165) is 6.26 Å². The molecular weight excluding hydrogens is 366 g/mol. The van der Waals surface area contributed by atoms with Crippen molar-refractivity contribution < 1.29 is 22.7 Å². The molecule has 0 fully saturated rings. The maximum Gasteiger partial charge on any atom is 0.213 e. The first kappa shape index (κ1) is 19.1. The fourth-order valence-corrected chi connectivity index (χ4v) is 3.51. The van der Waals surface area contributed by atoms with Crippen LogP contribution in [0.2, 0.25) is 0 Å². The number of aromatic nitrogens is 1. The normalized spacial score (nSPS) is 19.9. The molecule has 0 spiro atoms. The molecule has 0 bridgehead atoms. The lowest BCUT2D eigenvalue weighted by atomic mass is 9.92. The summed E-state index contributed by atoms with van der Waals surface area (Å²) in [4.78, 5) is 17.7. The van der Waals surface area contributed by atoms with E-state index < -0.39 is 15.4 Å². The lowest BCUT2D eigenvalue weighted by molar-refractivity contribution is -0.126. The molecule has 0 amide bonds. The first-order valence-corrected chi connectivity index (χ1v) is 10.4. The van der Waals surface area contributed by atoms with Gasteiger partial charge in [0.25, 0.3) is 0 Å². The minimum absolute atomic E-state index is 0.159. The smallest absolute Gasteiger partial charge is 0.213 e. The Labute approximate surface area is 158 Å². The zero-order valence-electron chi connectivity index (χ0n) is 15.6. The SMILES string of the molecule is CCC1(C)OC(c2ccc(S(C)(=O)=O)cc2)=C(c2cccc(OC)n2)C1=O. The number of carbonyl (C=O) groups is 1. The second-order valence-electron chi connectivity index (χ2n) is 6.58. The Morgan fingerprint density at radius 1 is 1.15 bits per heavy atom. The van der Waals surface area contributed by atoms with Gasteiger partial charge in [0.05, 0.1) is 23.3 Å². The molecular formula is C20H21NO5S. The van der Waals surface area contributed by atoms with Crippen LogP contribution < -0.4 is 4.74 Å². The van der Waals surface area contributed by atoms with Gasteiger partial charge in [-0.3, -0.25) is 4.79 Å². The molecule has 1 unspecified atom stereocenters. The number of nitrogens with zero attached hydrogens (tertiary/aromatic N) is 1. The van der Waals surface area contributed by atoms with Crippen molar-refractivity contribution in [3.8, 4) is 5.88 Å². The van der Waals surface area contributed by atoms with Crippen molar-refractivity contribution in [2.45, 2.75) is 30.8 Å². The number of sulfone groups is 1. The Hall–Kier alpha value is -2.67. The third-order valence-electron chi connectivity index (χ3n) is 4.67. The van der Waals surface area contributed by atoms with Crippen LogP contribution in [0, 0.1) is 0 Å². The molecule has 142 valence electrons. The van der Waals surface area contributed by atoms with E-state index in [1.807, 2.05) is 6.92 Å². The molecule has 1 aliphatic heterocycles. The van der Waals surface area contributed by atoms with Gasteiger partial charge >= 0.3 is 0 Å². The van der Waals surface area contributed by atoms with Gasteiger partial charge in [-0.05, 0) is 43.7 Å². The number of benzene rings is 1. The lowest BCUT2D eigenvalue weighted by Crippen LogP contribution is -2.32. The number of pyridine rings is 1. The molecule has 2 aromatic rings. The highest BCUT2D eigenvalue weighted by Crippen LogP contribution is 2.42. The molecule has 0 saturated heterocycles. The van der Waals surface area contributed by atoms with Gasteiger partial charge in [0.2, 0.25) is 11.7 Å². The van der Waals surface area contributed by atoms with E-state index in [0.29, 0.717) is 34.9 Å². The summed E-state index contributed by atoms with van der Waals surface area (Å²) in [5.41, 5.74) is 0.446. The van der Waals surface area contributed by atoms with Crippen molar-refractivity contribution in [2.75, 3.05) is 13.4 Å². The van der Waals surface area contributed by atoms with Crippen LogP contribution in [0.15, 0.2) is 47.4 Å².